The van der Waals surface area contributed by atoms with E-state index in [2.05, 4.69) is 0 Å². The Kier molecular flexibility index (Phi) is 4.42. The third-order valence-electron chi connectivity index (χ3n) is 1.67. The van der Waals surface area contributed by atoms with Crippen molar-refractivity contribution < 1.29 is 14.6 Å². The van der Waals surface area contributed by atoms with Gasteiger partial charge in [-0.15, -0.1) is 0 Å². The summed E-state index contributed by atoms with van der Waals surface area (Å²) < 4.78 is 5.20. The summed E-state index contributed by atoms with van der Waals surface area (Å²) >= 11 is 0. The zero-order chi connectivity index (χ0) is 9.78. The van der Waals surface area contributed by atoms with E-state index in [9.17, 15) is 4.79 Å². The van der Waals surface area contributed by atoms with Crippen molar-refractivity contribution in [2.75, 3.05) is 13.2 Å². The SMILES string of the molecule is CC(C)C(=O)C(C)(C)OCCO. The lowest BCUT2D eigenvalue weighted by Crippen LogP contribution is -2.38. The van der Waals surface area contributed by atoms with Gasteiger partial charge < -0.3 is 9.84 Å². The molecule has 0 bridgehead atoms. The Morgan fingerprint density at radius 2 is 2.00 bits per heavy atom. The van der Waals surface area contributed by atoms with E-state index in [0.29, 0.717) is 0 Å². The van der Waals surface area contributed by atoms with Gasteiger partial charge in [-0.25, -0.2) is 0 Å². The van der Waals surface area contributed by atoms with E-state index >= 15 is 0 Å². The normalized spacial score (nSPS) is 12.2. The van der Waals surface area contributed by atoms with Crippen molar-refractivity contribution in [3.8, 4) is 0 Å². The third kappa shape index (κ3) is 3.32. The summed E-state index contributed by atoms with van der Waals surface area (Å²) in [7, 11) is 0. The monoisotopic (exact) mass is 174 g/mol. The molecule has 0 aliphatic rings. The molecule has 12 heavy (non-hydrogen) atoms. The number of hydrogen-bond donors (Lipinski definition) is 1. The molecule has 0 spiro atoms. The summed E-state index contributed by atoms with van der Waals surface area (Å²) in [5.74, 6) is 0.0367. The van der Waals surface area contributed by atoms with Crippen LogP contribution in [0.25, 0.3) is 0 Å². The topological polar surface area (TPSA) is 46.5 Å². The second-order valence-electron chi connectivity index (χ2n) is 3.60. The minimum Gasteiger partial charge on any atom is -0.394 e. The molecule has 0 aromatic carbocycles. The van der Waals surface area contributed by atoms with Crippen LogP contribution in [0.2, 0.25) is 0 Å². The van der Waals surface area contributed by atoms with E-state index in [1.54, 1.807) is 13.8 Å². The lowest BCUT2D eigenvalue weighted by atomic mass is 9.94. The maximum atomic E-state index is 11.5. The Bertz CT molecular complexity index is 150. The molecule has 3 heteroatoms. The van der Waals surface area contributed by atoms with E-state index in [0.717, 1.165) is 0 Å². The maximum Gasteiger partial charge on any atom is 0.166 e. The van der Waals surface area contributed by atoms with Gasteiger partial charge in [0.2, 0.25) is 0 Å². The van der Waals surface area contributed by atoms with E-state index in [-0.39, 0.29) is 24.9 Å². The largest absolute Gasteiger partial charge is 0.394 e. The molecular formula is C9H18O3. The number of ether oxygens (including phenoxy) is 1. The van der Waals surface area contributed by atoms with Gasteiger partial charge in [0, 0.05) is 5.92 Å². The van der Waals surface area contributed by atoms with Gasteiger partial charge in [-0.05, 0) is 13.8 Å². The average molecular weight is 174 g/mol. The number of ketones is 1. The fourth-order valence-electron chi connectivity index (χ4n) is 1.07. The molecule has 72 valence electrons. The molecule has 0 saturated carbocycles. The second-order valence-corrected chi connectivity index (χ2v) is 3.60. The van der Waals surface area contributed by atoms with Crippen molar-refractivity contribution in [1.82, 2.24) is 0 Å². The molecule has 3 nitrogen and oxygen atoms in total. The first-order valence-corrected chi connectivity index (χ1v) is 4.21. The number of aliphatic hydroxyl groups excluding tert-OH is 1. The Hall–Kier alpha value is -0.410. The quantitative estimate of drug-likeness (QED) is 0.676. The molecule has 0 amide bonds. The molecule has 0 heterocycles. The zero-order valence-corrected chi connectivity index (χ0v) is 8.26. The number of Topliss-reactive ketones (excluding diaryl/α,β-unsaturated/α-hetero) is 1. The summed E-state index contributed by atoms with van der Waals surface area (Å²) in [5.41, 5.74) is -0.767. The van der Waals surface area contributed by atoms with Gasteiger partial charge in [-0.1, -0.05) is 13.8 Å². The Morgan fingerprint density at radius 3 is 2.33 bits per heavy atom. The van der Waals surface area contributed by atoms with Crippen LogP contribution in [0, 0.1) is 5.92 Å². The van der Waals surface area contributed by atoms with Crippen LogP contribution in [0.3, 0.4) is 0 Å². The number of carbonyl (C=O) groups is 1. The molecular weight excluding hydrogens is 156 g/mol. The predicted octanol–water partition coefficient (Wildman–Crippen LogP) is 0.999. The van der Waals surface area contributed by atoms with Gasteiger partial charge in [-0.3, -0.25) is 4.79 Å². The number of hydrogen-bond acceptors (Lipinski definition) is 3. The van der Waals surface area contributed by atoms with Crippen molar-refractivity contribution in [2.24, 2.45) is 5.92 Å². The molecule has 0 saturated heterocycles. The summed E-state index contributed by atoms with van der Waals surface area (Å²) in [5, 5.41) is 8.51. The minimum atomic E-state index is -0.767. The second kappa shape index (κ2) is 4.58. The number of aliphatic hydroxyl groups is 1. The van der Waals surface area contributed by atoms with Crippen molar-refractivity contribution in [2.45, 2.75) is 33.3 Å². The van der Waals surface area contributed by atoms with Crippen molar-refractivity contribution in [1.29, 1.82) is 0 Å². The van der Waals surface area contributed by atoms with Gasteiger partial charge in [-0.2, -0.15) is 0 Å². The first-order chi connectivity index (χ1) is 5.41. The van der Waals surface area contributed by atoms with E-state index in [1.807, 2.05) is 13.8 Å². The van der Waals surface area contributed by atoms with Gasteiger partial charge >= 0.3 is 0 Å². The van der Waals surface area contributed by atoms with Crippen LogP contribution in [0.15, 0.2) is 0 Å². The number of carbonyl (C=O) groups excluding carboxylic acids is 1. The fourth-order valence-corrected chi connectivity index (χ4v) is 1.07. The first-order valence-electron chi connectivity index (χ1n) is 4.21. The van der Waals surface area contributed by atoms with Crippen LogP contribution in [0.5, 0.6) is 0 Å². The molecule has 0 fully saturated rings. The van der Waals surface area contributed by atoms with Crippen molar-refractivity contribution >= 4 is 5.78 Å². The molecule has 0 aromatic rings. The molecule has 0 aliphatic carbocycles. The van der Waals surface area contributed by atoms with Gasteiger partial charge in [0.15, 0.2) is 5.78 Å². The van der Waals surface area contributed by atoms with Crippen LogP contribution < -0.4 is 0 Å². The molecule has 0 radical (unpaired) electrons. The summed E-state index contributed by atoms with van der Waals surface area (Å²) in [6, 6.07) is 0. The highest BCUT2D eigenvalue weighted by Gasteiger charge is 2.29. The van der Waals surface area contributed by atoms with Crippen LogP contribution in [0.4, 0.5) is 0 Å². The molecule has 0 atom stereocenters. The Labute approximate surface area is 73.7 Å². The first kappa shape index (κ1) is 11.6. The zero-order valence-electron chi connectivity index (χ0n) is 8.26. The summed E-state index contributed by atoms with van der Waals surface area (Å²) in [6.45, 7) is 7.30. The Balaban J connectivity index is 4.09. The average Bonchev–Trinajstić information content (AvgIpc) is 1.99. The van der Waals surface area contributed by atoms with Crippen LogP contribution in [-0.4, -0.2) is 29.7 Å². The van der Waals surface area contributed by atoms with Crippen LogP contribution in [0.1, 0.15) is 27.7 Å². The van der Waals surface area contributed by atoms with Gasteiger partial charge in [0.05, 0.1) is 13.2 Å². The highest BCUT2D eigenvalue weighted by Crippen LogP contribution is 2.15. The Morgan fingerprint density at radius 1 is 1.50 bits per heavy atom. The summed E-state index contributed by atoms with van der Waals surface area (Å²) in [4.78, 5) is 11.5. The number of rotatable bonds is 5. The van der Waals surface area contributed by atoms with E-state index in [4.69, 9.17) is 9.84 Å². The molecule has 0 aromatic heterocycles. The predicted molar refractivity (Wildman–Crippen MR) is 47.0 cm³/mol. The molecule has 0 rings (SSSR count). The van der Waals surface area contributed by atoms with Crippen LogP contribution >= 0.6 is 0 Å². The standard InChI is InChI=1S/C9H18O3/c1-7(2)8(11)9(3,4)12-6-5-10/h7,10H,5-6H2,1-4H3. The molecule has 1 N–H and O–H groups in total. The van der Waals surface area contributed by atoms with Crippen LogP contribution in [-0.2, 0) is 9.53 Å². The third-order valence-corrected chi connectivity index (χ3v) is 1.67. The smallest absolute Gasteiger partial charge is 0.166 e. The van der Waals surface area contributed by atoms with E-state index < -0.39 is 5.60 Å². The summed E-state index contributed by atoms with van der Waals surface area (Å²) in [6.07, 6.45) is 0. The van der Waals surface area contributed by atoms with E-state index in [1.165, 1.54) is 0 Å². The highest BCUT2D eigenvalue weighted by molar-refractivity contribution is 5.88. The van der Waals surface area contributed by atoms with Gasteiger partial charge in [0.1, 0.15) is 5.60 Å². The molecule has 0 aliphatic heterocycles. The minimum absolute atomic E-state index is 0.0290. The van der Waals surface area contributed by atoms with Gasteiger partial charge in [0.25, 0.3) is 0 Å². The highest BCUT2D eigenvalue weighted by atomic mass is 16.5. The van der Waals surface area contributed by atoms with Crippen molar-refractivity contribution in [3.63, 3.8) is 0 Å². The van der Waals surface area contributed by atoms with Crippen molar-refractivity contribution in [3.05, 3.63) is 0 Å². The lowest BCUT2D eigenvalue weighted by Gasteiger charge is -2.25. The molecule has 0 unspecified atom stereocenters. The maximum absolute atomic E-state index is 11.5. The fraction of sp³-hybridized carbons (Fsp3) is 0.889. The lowest BCUT2D eigenvalue weighted by molar-refractivity contribution is -0.144.